The van der Waals surface area contributed by atoms with Gasteiger partial charge in [0.15, 0.2) is 0 Å². The summed E-state index contributed by atoms with van der Waals surface area (Å²) in [6.45, 7) is 3.64. The largest absolute Gasteiger partial charge is 0.421 e. The van der Waals surface area contributed by atoms with Crippen LogP contribution >= 0.6 is 0 Å². The molecule has 138 valence electrons. The summed E-state index contributed by atoms with van der Waals surface area (Å²) in [5.74, 6) is -0.195. The van der Waals surface area contributed by atoms with Gasteiger partial charge >= 0.3 is 6.18 Å². The van der Waals surface area contributed by atoms with Crippen LogP contribution in [-0.2, 0) is 6.18 Å². The lowest BCUT2D eigenvalue weighted by Crippen LogP contribution is -2.15. The minimum Gasteiger partial charge on any atom is -0.367 e. The standard InChI is InChI=1S/C16H18F3N7/c1-3-11(6-20)26-9(2)13(8-22-26)24-15-21-7-12(16(17,18)19)14(25-15)23-10-4-5-10/h7-8,10-11H,3-5H2,1-2H3,(H2,21,23,24,25)/t11-/m0/s1. The zero-order valence-electron chi connectivity index (χ0n) is 14.3. The van der Waals surface area contributed by atoms with Crippen molar-refractivity contribution in [2.24, 2.45) is 0 Å². The summed E-state index contributed by atoms with van der Waals surface area (Å²) < 4.78 is 40.9. The molecule has 2 heterocycles. The SMILES string of the molecule is CC[C@@H](C#N)n1ncc(Nc2ncc(C(F)(F)F)c(NC3CC3)n2)c1C. The normalized spacial score (nSPS) is 15.4. The first-order valence-corrected chi connectivity index (χ1v) is 8.25. The molecule has 26 heavy (non-hydrogen) atoms. The smallest absolute Gasteiger partial charge is 0.367 e. The zero-order valence-corrected chi connectivity index (χ0v) is 14.3. The Kier molecular flexibility index (Phi) is 4.71. The molecular formula is C16H18F3N7. The summed E-state index contributed by atoms with van der Waals surface area (Å²) in [4.78, 5) is 7.77. The maximum atomic E-state index is 13.1. The van der Waals surface area contributed by atoms with Crippen molar-refractivity contribution in [1.82, 2.24) is 19.7 Å². The lowest BCUT2D eigenvalue weighted by molar-refractivity contribution is -0.137. The van der Waals surface area contributed by atoms with E-state index in [1.807, 2.05) is 6.92 Å². The molecule has 2 aromatic heterocycles. The molecule has 1 fully saturated rings. The third kappa shape index (κ3) is 3.71. The van der Waals surface area contributed by atoms with Crippen LogP contribution in [0.5, 0.6) is 0 Å². The van der Waals surface area contributed by atoms with Gasteiger partial charge in [-0.05, 0) is 26.2 Å². The Hall–Kier alpha value is -2.83. The molecule has 0 aliphatic heterocycles. The molecule has 2 N–H and O–H groups in total. The van der Waals surface area contributed by atoms with Crippen LogP contribution in [0.3, 0.4) is 0 Å². The molecule has 0 amide bonds. The van der Waals surface area contributed by atoms with E-state index in [1.54, 1.807) is 11.6 Å². The van der Waals surface area contributed by atoms with Crippen molar-refractivity contribution in [1.29, 1.82) is 5.26 Å². The van der Waals surface area contributed by atoms with Crippen molar-refractivity contribution in [2.75, 3.05) is 10.6 Å². The Bertz CT molecular complexity index is 833. The van der Waals surface area contributed by atoms with Crippen molar-refractivity contribution in [3.05, 3.63) is 23.7 Å². The third-order valence-corrected chi connectivity index (χ3v) is 4.13. The van der Waals surface area contributed by atoms with Crippen LogP contribution in [0.25, 0.3) is 0 Å². The number of halogens is 3. The van der Waals surface area contributed by atoms with Crippen LogP contribution in [0, 0.1) is 18.3 Å². The first kappa shape index (κ1) is 18.0. The molecule has 7 nitrogen and oxygen atoms in total. The van der Waals surface area contributed by atoms with Crippen molar-refractivity contribution in [3.8, 4) is 6.07 Å². The molecule has 0 aromatic carbocycles. The molecular weight excluding hydrogens is 347 g/mol. The van der Waals surface area contributed by atoms with Crippen molar-refractivity contribution < 1.29 is 13.2 Å². The number of nitriles is 1. The molecule has 0 saturated heterocycles. The first-order chi connectivity index (χ1) is 12.3. The van der Waals surface area contributed by atoms with Crippen LogP contribution in [0.2, 0.25) is 0 Å². The van der Waals surface area contributed by atoms with E-state index in [-0.39, 0.29) is 17.8 Å². The lowest BCUT2D eigenvalue weighted by atomic mass is 10.2. The average molecular weight is 365 g/mol. The van der Waals surface area contributed by atoms with E-state index in [9.17, 15) is 13.2 Å². The summed E-state index contributed by atoms with van der Waals surface area (Å²) >= 11 is 0. The summed E-state index contributed by atoms with van der Waals surface area (Å²) in [6.07, 6.45) is -0.0261. The van der Waals surface area contributed by atoms with Crippen molar-refractivity contribution in [2.45, 2.75) is 51.4 Å². The highest BCUT2D eigenvalue weighted by Gasteiger charge is 2.37. The van der Waals surface area contributed by atoms with Gasteiger partial charge in [0, 0.05) is 12.2 Å². The molecule has 1 aliphatic carbocycles. The summed E-state index contributed by atoms with van der Waals surface area (Å²) in [5.41, 5.74) is 0.326. The van der Waals surface area contributed by atoms with Crippen molar-refractivity contribution >= 4 is 17.5 Å². The van der Waals surface area contributed by atoms with E-state index < -0.39 is 17.8 Å². The van der Waals surface area contributed by atoms with Crippen LogP contribution in [0.1, 0.15) is 43.5 Å². The number of nitrogens with zero attached hydrogens (tertiary/aromatic N) is 5. The van der Waals surface area contributed by atoms with Crippen LogP contribution < -0.4 is 10.6 Å². The highest BCUT2D eigenvalue weighted by Crippen LogP contribution is 2.36. The first-order valence-electron chi connectivity index (χ1n) is 8.25. The Labute approximate surface area is 148 Å². The minimum absolute atomic E-state index is 0.0178. The molecule has 1 aliphatic rings. The molecule has 0 unspecified atom stereocenters. The van der Waals surface area contributed by atoms with Gasteiger partial charge in [0.05, 0.1) is 23.6 Å². The number of nitrogens with one attached hydrogen (secondary N) is 2. The second-order valence-corrected chi connectivity index (χ2v) is 6.14. The number of aromatic nitrogens is 4. The average Bonchev–Trinajstić information content (AvgIpc) is 3.33. The predicted octanol–water partition coefficient (Wildman–Crippen LogP) is 3.79. The zero-order chi connectivity index (χ0) is 18.9. The van der Waals surface area contributed by atoms with Crippen LogP contribution in [0.4, 0.5) is 30.6 Å². The molecule has 0 spiro atoms. The number of hydrogen-bond acceptors (Lipinski definition) is 6. The van der Waals surface area contributed by atoms with Crippen LogP contribution in [0.15, 0.2) is 12.4 Å². The van der Waals surface area contributed by atoms with E-state index >= 15 is 0 Å². The number of anilines is 3. The molecule has 1 atom stereocenters. The van der Waals surface area contributed by atoms with Gasteiger partial charge in [0.2, 0.25) is 5.95 Å². The maximum absolute atomic E-state index is 13.1. The van der Waals surface area contributed by atoms with E-state index in [0.717, 1.165) is 19.0 Å². The van der Waals surface area contributed by atoms with Gasteiger partial charge in [0.25, 0.3) is 0 Å². The van der Waals surface area contributed by atoms with E-state index in [1.165, 1.54) is 6.20 Å². The molecule has 10 heteroatoms. The monoisotopic (exact) mass is 365 g/mol. The Balaban J connectivity index is 1.87. The fourth-order valence-electron chi connectivity index (χ4n) is 2.48. The second-order valence-electron chi connectivity index (χ2n) is 6.14. The molecule has 1 saturated carbocycles. The second kappa shape index (κ2) is 6.82. The highest BCUT2D eigenvalue weighted by molar-refractivity contribution is 5.58. The fourth-order valence-corrected chi connectivity index (χ4v) is 2.48. The van der Waals surface area contributed by atoms with E-state index in [2.05, 4.69) is 31.8 Å². The topological polar surface area (TPSA) is 91.5 Å². The van der Waals surface area contributed by atoms with Crippen molar-refractivity contribution in [3.63, 3.8) is 0 Å². The number of alkyl halides is 3. The van der Waals surface area contributed by atoms with Gasteiger partial charge in [-0.2, -0.15) is 28.5 Å². The van der Waals surface area contributed by atoms with Gasteiger partial charge in [-0.1, -0.05) is 6.92 Å². The van der Waals surface area contributed by atoms with Gasteiger partial charge in [-0.25, -0.2) is 4.98 Å². The predicted molar refractivity (Wildman–Crippen MR) is 88.9 cm³/mol. The van der Waals surface area contributed by atoms with Gasteiger partial charge in [-0.3, -0.25) is 4.68 Å². The number of hydrogen-bond donors (Lipinski definition) is 2. The highest BCUT2D eigenvalue weighted by atomic mass is 19.4. The van der Waals surface area contributed by atoms with Gasteiger partial charge < -0.3 is 10.6 Å². The molecule has 2 aromatic rings. The Morgan fingerprint density at radius 2 is 2.12 bits per heavy atom. The lowest BCUT2D eigenvalue weighted by Gasteiger charge is -2.14. The van der Waals surface area contributed by atoms with Gasteiger partial charge in [0.1, 0.15) is 17.4 Å². The minimum atomic E-state index is -4.53. The molecule has 0 bridgehead atoms. The third-order valence-electron chi connectivity index (χ3n) is 4.13. The fraction of sp³-hybridized carbons (Fsp3) is 0.500. The number of rotatable bonds is 6. The quantitative estimate of drug-likeness (QED) is 0.809. The Morgan fingerprint density at radius 1 is 1.38 bits per heavy atom. The maximum Gasteiger partial charge on any atom is 0.421 e. The van der Waals surface area contributed by atoms with E-state index in [0.29, 0.717) is 17.8 Å². The summed E-state index contributed by atoms with van der Waals surface area (Å²) in [7, 11) is 0. The summed E-state index contributed by atoms with van der Waals surface area (Å²) in [6, 6.07) is 1.76. The molecule has 3 rings (SSSR count). The Morgan fingerprint density at radius 3 is 2.69 bits per heavy atom. The van der Waals surface area contributed by atoms with E-state index in [4.69, 9.17) is 5.26 Å². The van der Waals surface area contributed by atoms with Crippen LogP contribution in [-0.4, -0.2) is 25.8 Å². The molecule has 0 radical (unpaired) electrons. The summed E-state index contributed by atoms with van der Waals surface area (Å²) in [5, 5.41) is 19.0. The van der Waals surface area contributed by atoms with Gasteiger partial charge in [-0.15, -0.1) is 0 Å².